The van der Waals surface area contributed by atoms with Crippen LogP contribution >= 0.6 is 0 Å². The van der Waals surface area contributed by atoms with Gasteiger partial charge in [0.15, 0.2) is 0 Å². The molecule has 2 N–H and O–H groups in total. The summed E-state index contributed by atoms with van der Waals surface area (Å²) in [7, 11) is 0. The number of hydrogen-bond acceptors (Lipinski definition) is 3. The van der Waals surface area contributed by atoms with Gasteiger partial charge in [0, 0.05) is 24.3 Å². The Morgan fingerprint density at radius 2 is 1.92 bits per heavy atom. The Morgan fingerprint density at radius 3 is 2.38 bits per heavy atom. The molecule has 1 unspecified atom stereocenters. The van der Waals surface area contributed by atoms with Crippen molar-refractivity contribution < 1.29 is 9.59 Å². The van der Waals surface area contributed by atoms with Crippen LogP contribution < -0.4 is 5.32 Å². The summed E-state index contributed by atoms with van der Waals surface area (Å²) < 4.78 is 0. The Kier molecular flexibility index (Phi) is 3.77. The third kappa shape index (κ3) is 2.72. The number of nitrogens with one attached hydrogen (secondary N) is 2. The van der Waals surface area contributed by atoms with Crippen LogP contribution in [0.15, 0.2) is 6.07 Å². The van der Waals surface area contributed by atoms with E-state index in [1.165, 1.54) is 0 Å². The summed E-state index contributed by atoms with van der Waals surface area (Å²) >= 11 is 0. The highest BCUT2D eigenvalue weighted by Gasteiger charge is 2.70. The van der Waals surface area contributed by atoms with E-state index in [1.54, 1.807) is 0 Å². The molecule has 2 fully saturated rings. The standard InChI is InChI=1S/C18H28N4O2/c1-10(2)13-7-14(21-20-13)15(23)22-8-11-12(9-22)18(11,6)16(24)19-17(3,4)5/h7,10-12H,8-9H2,1-6H3,(H,19,24)(H,20,21)/t11-,12+,18?. The molecule has 1 aromatic heterocycles. The molecule has 1 aliphatic carbocycles. The fourth-order valence-electron chi connectivity index (χ4n) is 3.76. The van der Waals surface area contributed by atoms with Crippen LogP contribution in [0.5, 0.6) is 0 Å². The summed E-state index contributed by atoms with van der Waals surface area (Å²) in [5.41, 5.74) is 0.881. The molecule has 2 aliphatic rings. The number of nitrogens with zero attached hydrogens (tertiary/aromatic N) is 2. The smallest absolute Gasteiger partial charge is 0.274 e. The molecular weight excluding hydrogens is 304 g/mol. The van der Waals surface area contributed by atoms with Gasteiger partial charge >= 0.3 is 0 Å². The zero-order valence-corrected chi connectivity index (χ0v) is 15.4. The van der Waals surface area contributed by atoms with Gasteiger partial charge in [-0.2, -0.15) is 5.10 Å². The van der Waals surface area contributed by atoms with Crippen molar-refractivity contribution in [2.45, 2.75) is 53.0 Å². The van der Waals surface area contributed by atoms with Crippen molar-refractivity contribution in [3.63, 3.8) is 0 Å². The molecular formula is C18H28N4O2. The second kappa shape index (κ2) is 5.33. The minimum Gasteiger partial charge on any atom is -0.351 e. The normalized spacial score (nSPS) is 28.9. The molecule has 1 aromatic rings. The summed E-state index contributed by atoms with van der Waals surface area (Å²) in [5, 5.41) is 10.2. The van der Waals surface area contributed by atoms with Crippen molar-refractivity contribution in [1.82, 2.24) is 20.4 Å². The number of likely N-dealkylation sites (tertiary alicyclic amines) is 1. The summed E-state index contributed by atoms with van der Waals surface area (Å²) in [6.07, 6.45) is 0. The topological polar surface area (TPSA) is 78.1 Å². The van der Waals surface area contributed by atoms with Crippen LogP contribution in [0, 0.1) is 17.3 Å². The molecule has 1 aliphatic heterocycles. The molecule has 0 spiro atoms. The molecule has 1 saturated heterocycles. The van der Waals surface area contributed by atoms with Crippen LogP contribution in [0.3, 0.4) is 0 Å². The Morgan fingerprint density at radius 1 is 1.33 bits per heavy atom. The first-order valence-corrected chi connectivity index (χ1v) is 8.71. The third-order valence-corrected chi connectivity index (χ3v) is 5.46. The second-order valence-corrected chi connectivity index (χ2v) is 8.77. The van der Waals surface area contributed by atoms with E-state index in [0.29, 0.717) is 24.7 Å². The number of amides is 2. The van der Waals surface area contributed by atoms with Crippen molar-refractivity contribution in [2.24, 2.45) is 17.3 Å². The Hall–Kier alpha value is -1.85. The number of fused-ring (bicyclic) bond motifs is 1. The van der Waals surface area contributed by atoms with E-state index in [4.69, 9.17) is 0 Å². The average Bonchev–Trinajstić information content (AvgIpc) is 2.95. The predicted octanol–water partition coefficient (Wildman–Crippen LogP) is 2.16. The van der Waals surface area contributed by atoms with E-state index in [1.807, 2.05) is 38.7 Å². The van der Waals surface area contributed by atoms with E-state index in [9.17, 15) is 9.59 Å². The highest BCUT2D eigenvalue weighted by Crippen LogP contribution is 2.62. The molecule has 6 nitrogen and oxygen atoms in total. The van der Waals surface area contributed by atoms with Crippen LogP contribution in [-0.4, -0.2) is 45.5 Å². The van der Waals surface area contributed by atoms with Crippen molar-refractivity contribution in [1.29, 1.82) is 0 Å². The molecule has 2 amide bonds. The van der Waals surface area contributed by atoms with Gasteiger partial charge in [-0.1, -0.05) is 20.8 Å². The van der Waals surface area contributed by atoms with Crippen LogP contribution in [0.4, 0.5) is 0 Å². The van der Waals surface area contributed by atoms with Gasteiger partial charge in [0.2, 0.25) is 5.91 Å². The zero-order chi connectivity index (χ0) is 17.9. The van der Waals surface area contributed by atoms with Crippen LogP contribution in [0.2, 0.25) is 0 Å². The van der Waals surface area contributed by atoms with Gasteiger partial charge in [-0.15, -0.1) is 0 Å². The van der Waals surface area contributed by atoms with Crippen molar-refractivity contribution in [3.05, 3.63) is 17.5 Å². The lowest BCUT2D eigenvalue weighted by molar-refractivity contribution is -0.128. The molecule has 0 radical (unpaired) electrons. The fourth-order valence-corrected chi connectivity index (χ4v) is 3.76. The summed E-state index contributed by atoms with van der Waals surface area (Å²) in [6.45, 7) is 13.4. The molecule has 0 bridgehead atoms. The summed E-state index contributed by atoms with van der Waals surface area (Å²) in [6, 6.07) is 1.84. The van der Waals surface area contributed by atoms with Gasteiger partial charge in [-0.05, 0) is 44.6 Å². The highest BCUT2D eigenvalue weighted by molar-refractivity contribution is 5.94. The number of H-pyrrole nitrogens is 1. The lowest BCUT2D eigenvalue weighted by Crippen LogP contribution is -2.47. The second-order valence-electron chi connectivity index (χ2n) is 8.77. The first-order chi connectivity index (χ1) is 11.0. The van der Waals surface area contributed by atoms with Crippen LogP contribution in [-0.2, 0) is 4.79 Å². The van der Waals surface area contributed by atoms with Crippen molar-refractivity contribution in [2.75, 3.05) is 13.1 Å². The highest BCUT2D eigenvalue weighted by atomic mass is 16.2. The van der Waals surface area contributed by atoms with Crippen molar-refractivity contribution in [3.8, 4) is 0 Å². The van der Waals surface area contributed by atoms with Gasteiger partial charge in [-0.25, -0.2) is 0 Å². The maximum atomic E-state index is 12.6. The van der Waals surface area contributed by atoms with Gasteiger partial charge < -0.3 is 10.2 Å². The maximum absolute atomic E-state index is 12.6. The van der Waals surface area contributed by atoms with Crippen LogP contribution in [0.25, 0.3) is 0 Å². The van der Waals surface area contributed by atoms with E-state index in [2.05, 4.69) is 29.4 Å². The van der Waals surface area contributed by atoms with Gasteiger partial charge in [0.25, 0.3) is 5.91 Å². The van der Waals surface area contributed by atoms with Gasteiger partial charge in [-0.3, -0.25) is 14.7 Å². The molecule has 1 saturated carbocycles. The fraction of sp³-hybridized carbons (Fsp3) is 0.722. The minimum atomic E-state index is -0.335. The number of carbonyl (C=O) groups excluding carboxylic acids is 2. The molecule has 6 heteroatoms. The quantitative estimate of drug-likeness (QED) is 0.890. The lowest BCUT2D eigenvalue weighted by atomic mass is 9.98. The number of rotatable bonds is 3. The largest absolute Gasteiger partial charge is 0.351 e. The van der Waals surface area contributed by atoms with E-state index < -0.39 is 0 Å². The predicted molar refractivity (Wildman–Crippen MR) is 91.6 cm³/mol. The number of aromatic amines is 1. The van der Waals surface area contributed by atoms with Gasteiger partial charge in [0.1, 0.15) is 5.69 Å². The van der Waals surface area contributed by atoms with E-state index in [0.717, 1.165) is 5.69 Å². The SMILES string of the molecule is CC(C)c1cc(C(=O)N2C[C@@H]3[C@H](C2)C3(C)C(=O)NC(C)(C)C)n[nH]1. The van der Waals surface area contributed by atoms with E-state index >= 15 is 0 Å². The third-order valence-electron chi connectivity index (χ3n) is 5.46. The number of aromatic nitrogens is 2. The molecule has 3 atom stereocenters. The Labute approximate surface area is 143 Å². The molecule has 0 aromatic carbocycles. The molecule has 132 valence electrons. The van der Waals surface area contributed by atoms with Crippen molar-refractivity contribution >= 4 is 11.8 Å². The molecule has 2 heterocycles. The molecule has 24 heavy (non-hydrogen) atoms. The Balaban J connectivity index is 1.63. The summed E-state index contributed by atoms with van der Waals surface area (Å²) in [5.74, 6) is 0.901. The van der Waals surface area contributed by atoms with Crippen LogP contribution in [0.1, 0.15) is 63.6 Å². The minimum absolute atomic E-state index is 0.0380. The number of carbonyl (C=O) groups is 2. The maximum Gasteiger partial charge on any atom is 0.274 e. The monoisotopic (exact) mass is 332 g/mol. The number of hydrogen-bond donors (Lipinski definition) is 2. The summed E-state index contributed by atoms with van der Waals surface area (Å²) in [4.78, 5) is 27.0. The van der Waals surface area contributed by atoms with E-state index in [-0.39, 0.29) is 34.6 Å². The first kappa shape index (κ1) is 17.0. The lowest BCUT2D eigenvalue weighted by Gasteiger charge is -2.27. The van der Waals surface area contributed by atoms with Gasteiger partial charge in [0.05, 0.1) is 5.41 Å². The Bertz CT molecular complexity index is 659. The zero-order valence-electron chi connectivity index (χ0n) is 15.4. The number of piperidine rings is 1. The first-order valence-electron chi connectivity index (χ1n) is 8.71. The molecule has 3 rings (SSSR count). The average molecular weight is 332 g/mol.